The first-order valence-electron chi connectivity index (χ1n) is 8.89. The average molecular weight is 294 g/mol. The van der Waals surface area contributed by atoms with Crippen molar-refractivity contribution in [3.05, 3.63) is 69.8 Å². The lowest BCUT2D eigenvalue weighted by Crippen LogP contribution is -2.07. The quantitative estimate of drug-likeness (QED) is 0.605. The van der Waals surface area contributed by atoms with Crippen LogP contribution in [0.5, 0.6) is 0 Å². The molecule has 0 nitrogen and oxygen atoms in total. The fourth-order valence-electron chi connectivity index (χ4n) is 3.81. The third-order valence-corrected chi connectivity index (χ3v) is 5.02. The molecule has 118 valence electrons. The Morgan fingerprint density at radius 1 is 0.636 bits per heavy atom. The van der Waals surface area contributed by atoms with Crippen LogP contribution >= 0.6 is 0 Å². The van der Waals surface area contributed by atoms with E-state index in [4.69, 9.17) is 0 Å². The van der Waals surface area contributed by atoms with E-state index in [1.165, 1.54) is 22.3 Å². The van der Waals surface area contributed by atoms with Crippen LogP contribution in [-0.4, -0.2) is 0 Å². The van der Waals surface area contributed by atoms with E-state index < -0.39 is 0 Å². The van der Waals surface area contributed by atoms with Gasteiger partial charge in [0.1, 0.15) is 0 Å². The molecular formula is C22H30. The molecule has 0 heterocycles. The maximum Gasteiger partial charge on any atom is 0.00666 e. The minimum absolute atomic E-state index is 0.475. The molecule has 0 saturated heterocycles. The highest BCUT2D eigenvalue weighted by molar-refractivity contribution is 5.46. The van der Waals surface area contributed by atoms with Crippen LogP contribution in [0.3, 0.4) is 0 Å². The van der Waals surface area contributed by atoms with E-state index in [0.717, 1.165) is 25.7 Å². The minimum Gasteiger partial charge on any atom is -0.0617 e. The molecule has 2 rings (SSSR count). The van der Waals surface area contributed by atoms with Crippen LogP contribution in [0.25, 0.3) is 0 Å². The number of hydrogen-bond donors (Lipinski definition) is 0. The van der Waals surface area contributed by atoms with Gasteiger partial charge in [0.15, 0.2) is 0 Å². The Balaban J connectivity index is 2.55. The Kier molecular flexibility index (Phi) is 5.83. The molecule has 0 amide bonds. The van der Waals surface area contributed by atoms with E-state index in [1.807, 2.05) is 0 Å². The minimum atomic E-state index is 0.475. The van der Waals surface area contributed by atoms with Crippen molar-refractivity contribution in [2.45, 2.75) is 66.2 Å². The number of benzene rings is 2. The summed E-state index contributed by atoms with van der Waals surface area (Å²) in [5.41, 5.74) is 9.17. The summed E-state index contributed by atoms with van der Waals surface area (Å²) in [6, 6.07) is 13.7. The van der Waals surface area contributed by atoms with Gasteiger partial charge in [-0.2, -0.15) is 0 Å². The summed E-state index contributed by atoms with van der Waals surface area (Å²) in [6.45, 7) is 11.5. The fourth-order valence-corrected chi connectivity index (χ4v) is 3.81. The van der Waals surface area contributed by atoms with Gasteiger partial charge < -0.3 is 0 Å². The van der Waals surface area contributed by atoms with Crippen molar-refractivity contribution in [3.8, 4) is 0 Å². The maximum atomic E-state index is 2.38. The van der Waals surface area contributed by atoms with Gasteiger partial charge in [-0.15, -0.1) is 0 Å². The summed E-state index contributed by atoms with van der Waals surface area (Å²) in [4.78, 5) is 0. The zero-order valence-corrected chi connectivity index (χ0v) is 14.9. The zero-order chi connectivity index (χ0) is 16.1. The van der Waals surface area contributed by atoms with Crippen molar-refractivity contribution in [2.24, 2.45) is 0 Å². The molecule has 0 bridgehead atoms. The lowest BCUT2D eigenvalue weighted by molar-refractivity contribution is 0.851. The molecule has 0 radical (unpaired) electrons. The highest BCUT2D eigenvalue weighted by atomic mass is 14.2. The topological polar surface area (TPSA) is 0 Å². The predicted molar refractivity (Wildman–Crippen MR) is 97.9 cm³/mol. The van der Waals surface area contributed by atoms with Gasteiger partial charge in [0.2, 0.25) is 0 Å². The molecule has 22 heavy (non-hydrogen) atoms. The van der Waals surface area contributed by atoms with Gasteiger partial charge in [0, 0.05) is 5.92 Å². The largest absolute Gasteiger partial charge is 0.0617 e. The summed E-state index contributed by atoms with van der Waals surface area (Å²) in [6.07, 6.45) is 4.50. The van der Waals surface area contributed by atoms with Crippen LogP contribution in [0.1, 0.15) is 73.9 Å². The molecule has 0 heteroatoms. The van der Waals surface area contributed by atoms with Gasteiger partial charge in [-0.3, -0.25) is 0 Å². The molecule has 2 aromatic carbocycles. The molecule has 0 N–H and O–H groups in total. The van der Waals surface area contributed by atoms with Crippen molar-refractivity contribution in [2.75, 3.05) is 0 Å². The third kappa shape index (κ3) is 3.11. The third-order valence-electron chi connectivity index (χ3n) is 5.02. The van der Waals surface area contributed by atoms with Crippen LogP contribution < -0.4 is 0 Å². The normalized spacial score (nSPS) is 11.2. The average Bonchev–Trinajstić information content (AvgIpc) is 2.59. The fraction of sp³-hybridized carbons (Fsp3) is 0.455. The van der Waals surface area contributed by atoms with E-state index in [9.17, 15) is 0 Å². The Hall–Kier alpha value is -1.56. The van der Waals surface area contributed by atoms with E-state index in [2.05, 4.69) is 71.0 Å². The van der Waals surface area contributed by atoms with E-state index in [-0.39, 0.29) is 0 Å². The first kappa shape index (κ1) is 16.8. The molecule has 0 atom stereocenters. The van der Waals surface area contributed by atoms with Crippen molar-refractivity contribution in [1.82, 2.24) is 0 Å². The van der Waals surface area contributed by atoms with Crippen molar-refractivity contribution in [1.29, 1.82) is 0 Å². The van der Waals surface area contributed by atoms with Crippen LogP contribution in [-0.2, 0) is 25.7 Å². The lowest BCUT2D eigenvalue weighted by atomic mass is 9.82. The van der Waals surface area contributed by atoms with Crippen LogP contribution in [0.4, 0.5) is 0 Å². The second kappa shape index (κ2) is 7.63. The highest BCUT2D eigenvalue weighted by Gasteiger charge is 2.17. The summed E-state index contributed by atoms with van der Waals surface area (Å²) < 4.78 is 0. The van der Waals surface area contributed by atoms with Gasteiger partial charge in [0.05, 0.1) is 0 Å². The van der Waals surface area contributed by atoms with Gasteiger partial charge in [-0.25, -0.2) is 0 Å². The monoisotopic (exact) mass is 294 g/mol. The Labute approximate surface area is 136 Å². The Morgan fingerprint density at radius 3 is 1.36 bits per heavy atom. The van der Waals surface area contributed by atoms with Crippen molar-refractivity contribution in [3.63, 3.8) is 0 Å². The standard InChI is InChI=1S/C22H30/c1-6-17-12-10-14-21(19(17)8-3)16(5)22-15-11-13-18(7-2)20(22)9-4/h10-16H,6-9H2,1-5H3. The van der Waals surface area contributed by atoms with E-state index in [0.29, 0.717) is 5.92 Å². The van der Waals surface area contributed by atoms with Crippen molar-refractivity contribution < 1.29 is 0 Å². The second-order valence-corrected chi connectivity index (χ2v) is 6.11. The molecule has 0 spiro atoms. The molecule has 0 aliphatic rings. The summed E-state index contributed by atoms with van der Waals surface area (Å²) in [5, 5.41) is 0. The smallest absolute Gasteiger partial charge is 0.00666 e. The number of hydrogen-bond acceptors (Lipinski definition) is 0. The maximum absolute atomic E-state index is 2.38. The molecule has 0 aliphatic heterocycles. The number of rotatable bonds is 6. The molecule has 2 aromatic rings. The van der Waals surface area contributed by atoms with Gasteiger partial charge in [-0.05, 0) is 59.1 Å². The number of aryl methyl sites for hydroxylation is 2. The summed E-state index contributed by atoms with van der Waals surface area (Å²) in [7, 11) is 0. The first-order valence-corrected chi connectivity index (χ1v) is 8.89. The lowest BCUT2D eigenvalue weighted by Gasteiger charge is -2.22. The Bertz CT molecular complexity index is 566. The van der Waals surface area contributed by atoms with Gasteiger partial charge in [0.25, 0.3) is 0 Å². The molecule has 0 saturated carbocycles. The molecule has 0 aliphatic carbocycles. The predicted octanol–water partition coefficient (Wildman–Crippen LogP) is 6.09. The molecule has 0 aromatic heterocycles. The van der Waals surface area contributed by atoms with Crippen LogP contribution in [0, 0.1) is 0 Å². The molecular weight excluding hydrogens is 264 g/mol. The Morgan fingerprint density at radius 2 is 1.05 bits per heavy atom. The van der Waals surface area contributed by atoms with Crippen LogP contribution in [0.2, 0.25) is 0 Å². The second-order valence-electron chi connectivity index (χ2n) is 6.11. The molecule has 0 fully saturated rings. The summed E-state index contributed by atoms with van der Waals surface area (Å²) >= 11 is 0. The SMILES string of the molecule is CCc1cccc(C(C)c2cccc(CC)c2CC)c1CC. The molecule has 0 unspecified atom stereocenters. The van der Waals surface area contributed by atoms with Gasteiger partial charge in [-0.1, -0.05) is 71.0 Å². The van der Waals surface area contributed by atoms with E-state index in [1.54, 1.807) is 11.1 Å². The van der Waals surface area contributed by atoms with E-state index >= 15 is 0 Å². The highest BCUT2D eigenvalue weighted by Crippen LogP contribution is 2.33. The van der Waals surface area contributed by atoms with Crippen LogP contribution in [0.15, 0.2) is 36.4 Å². The summed E-state index contributed by atoms with van der Waals surface area (Å²) in [5.74, 6) is 0.475. The zero-order valence-electron chi connectivity index (χ0n) is 14.9. The first-order chi connectivity index (χ1) is 10.7. The van der Waals surface area contributed by atoms with Crippen molar-refractivity contribution >= 4 is 0 Å². The van der Waals surface area contributed by atoms with Gasteiger partial charge >= 0.3 is 0 Å².